The molecule has 13 heavy (non-hydrogen) atoms. The predicted octanol–water partition coefficient (Wildman–Crippen LogP) is 1.24. The summed E-state index contributed by atoms with van der Waals surface area (Å²) in [7, 11) is 0. The Balaban J connectivity index is 2.43. The van der Waals surface area contributed by atoms with E-state index in [1.807, 2.05) is 6.92 Å². The first kappa shape index (κ1) is 8.63. The normalized spacial score (nSPS) is 20.4. The number of aromatic nitrogens is 1. The number of aryl methyl sites for hydroxylation is 1. The number of hydrogen-bond acceptors (Lipinski definition) is 2. The highest BCUT2D eigenvalue weighted by molar-refractivity contribution is 5.35. The third kappa shape index (κ3) is 1.33. The molecule has 70 valence electrons. The van der Waals surface area contributed by atoms with Gasteiger partial charge in [0.25, 0.3) is 0 Å². The summed E-state index contributed by atoms with van der Waals surface area (Å²) >= 11 is 0. The highest BCUT2D eigenvalue weighted by Gasteiger charge is 2.25. The van der Waals surface area contributed by atoms with Crippen LogP contribution in [0.4, 0.5) is 4.39 Å². The van der Waals surface area contributed by atoms with E-state index in [0.717, 1.165) is 23.2 Å². The third-order valence-electron chi connectivity index (χ3n) is 2.70. The van der Waals surface area contributed by atoms with Gasteiger partial charge < -0.3 is 5.11 Å². The molecule has 2 rings (SSSR count). The van der Waals surface area contributed by atoms with Crippen molar-refractivity contribution < 1.29 is 9.50 Å². The molecule has 0 amide bonds. The van der Waals surface area contributed by atoms with Crippen LogP contribution >= 0.6 is 0 Å². The highest BCUT2D eigenvalue weighted by Crippen LogP contribution is 2.29. The van der Waals surface area contributed by atoms with Gasteiger partial charge in [-0.1, -0.05) is 0 Å². The van der Waals surface area contributed by atoms with Gasteiger partial charge in [-0.15, -0.1) is 0 Å². The minimum atomic E-state index is -0.225. The highest BCUT2D eigenvalue weighted by atomic mass is 19.1. The first-order valence-corrected chi connectivity index (χ1v) is 4.46. The fraction of sp³-hybridized carbons (Fsp3) is 0.500. The van der Waals surface area contributed by atoms with Crippen molar-refractivity contribution in [3.63, 3.8) is 0 Å². The van der Waals surface area contributed by atoms with Crippen LogP contribution in [0.1, 0.15) is 16.8 Å². The SMILES string of the molecule is Cc1ncc(F)c2c1C[C@H](CO)C2. The number of hydrogen-bond donors (Lipinski definition) is 1. The van der Waals surface area contributed by atoms with Gasteiger partial charge in [0, 0.05) is 12.3 Å². The summed E-state index contributed by atoms with van der Waals surface area (Å²) in [6.45, 7) is 2.02. The Hall–Kier alpha value is -0.960. The Morgan fingerprint density at radius 3 is 2.85 bits per heavy atom. The van der Waals surface area contributed by atoms with E-state index in [9.17, 15) is 4.39 Å². The number of nitrogens with zero attached hydrogens (tertiary/aromatic N) is 1. The standard InChI is InChI=1S/C10H12FNO/c1-6-8-2-7(5-13)3-9(8)10(11)4-12-6/h4,7,13H,2-3,5H2,1H3/t7-/m0/s1. The number of fused-ring (bicyclic) bond motifs is 1. The van der Waals surface area contributed by atoms with Gasteiger partial charge in [0.1, 0.15) is 5.82 Å². The lowest BCUT2D eigenvalue weighted by atomic mass is 10.1. The quantitative estimate of drug-likeness (QED) is 0.707. The van der Waals surface area contributed by atoms with E-state index in [0.29, 0.717) is 6.42 Å². The molecule has 0 aliphatic heterocycles. The maximum absolute atomic E-state index is 13.2. The molecule has 0 saturated heterocycles. The summed E-state index contributed by atoms with van der Waals surface area (Å²) < 4.78 is 13.2. The zero-order chi connectivity index (χ0) is 9.42. The second-order valence-corrected chi connectivity index (χ2v) is 3.61. The number of rotatable bonds is 1. The van der Waals surface area contributed by atoms with E-state index in [4.69, 9.17) is 5.11 Å². The molecule has 1 aliphatic rings. The molecule has 0 unspecified atom stereocenters. The molecule has 3 heteroatoms. The second kappa shape index (κ2) is 3.07. The Morgan fingerprint density at radius 2 is 2.23 bits per heavy atom. The lowest BCUT2D eigenvalue weighted by Gasteiger charge is -2.02. The molecular formula is C10H12FNO. The summed E-state index contributed by atoms with van der Waals surface area (Å²) in [6.07, 6.45) is 2.69. The van der Waals surface area contributed by atoms with E-state index < -0.39 is 0 Å². The molecule has 1 N–H and O–H groups in total. The maximum atomic E-state index is 13.2. The minimum Gasteiger partial charge on any atom is -0.396 e. The molecule has 1 aliphatic carbocycles. The zero-order valence-corrected chi connectivity index (χ0v) is 7.55. The van der Waals surface area contributed by atoms with Crippen molar-refractivity contribution in [2.24, 2.45) is 5.92 Å². The van der Waals surface area contributed by atoms with Crippen molar-refractivity contribution in [2.45, 2.75) is 19.8 Å². The summed E-state index contributed by atoms with van der Waals surface area (Å²) in [5, 5.41) is 8.98. The second-order valence-electron chi connectivity index (χ2n) is 3.61. The summed E-state index contributed by atoms with van der Waals surface area (Å²) in [5.74, 6) is -0.0380. The molecule has 0 saturated carbocycles. The van der Waals surface area contributed by atoms with Crippen LogP contribution in [0, 0.1) is 18.7 Å². The van der Waals surface area contributed by atoms with Gasteiger partial charge in [-0.05, 0) is 36.8 Å². The Labute approximate surface area is 76.4 Å². The van der Waals surface area contributed by atoms with E-state index in [1.54, 1.807) is 0 Å². The Kier molecular flexibility index (Phi) is 2.04. The van der Waals surface area contributed by atoms with Gasteiger partial charge in [-0.3, -0.25) is 4.98 Å². The van der Waals surface area contributed by atoms with E-state index in [2.05, 4.69) is 4.98 Å². The van der Waals surface area contributed by atoms with E-state index in [-0.39, 0.29) is 18.3 Å². The van der Waals surface area contributed by atoms with Crippen LogP contribution in [-0.2, 0) is 12.8 Å². The minimum absolute atomic E-state index is 0.133. The van der Waals surface area contributed by atoms with Crippen LogP contribution in [0.5, 0.6) is 0 Å². The Morgan fingerprint density at radius 1 is 1.54 bits per heavy atom. The number of halogens is 1. The molecule has 0 bridgehead atoms. The average molecular weight is 181 g/mol. The fourth-order valence-corrected chi connectivity index (χ4v) is 1.94. The zero-order valence-electron chi connectivity index (χ0n) is 7.55. The van der Waals surface area contributed by atoms with Crippen molar-refractivity contribution in [3.8, 4) is 0 Å². The van der Waals surface area contributed by atoms with Gasteiger partial charge in [-0.25, -0.2) is 4.39 Å². The van der Waals surface area contributed by atoms with Crippen molar-refractivity contribution in [1.82, 2.24) is 4.98 Å². The van der Waals surface area contributed by atoms with E-state index >= 15 is 0 Å². The third-order valence-corrected chi connectivity index (χ3v) is 2.70. The summed E-state index contributed by atoms with van der Waals surface area (Å²) in [5.41, 5.74) is 2.65. The van der Waals surface area contributed by atoms with Crippen LogP contribution in [0.3, 0.4) is 0 Å². The fourth-order valence-electron chi connectivity index (χ4n) is 1.94. The molecule has 1 aromatic rings. The maximum Gasteiger partial charge on any atom is 0.144 e. The number of aliphatic hydroxyl groups is 1. The lowest BCUT2D eigenvalue weighted by molar-refractivity contribution is 0.232. The smallest absolute Gasteiger partial charge is 0.144 e. The first-order chi connectivity index (χ1) is 6.22. The largest absolute Gasteiger partial charge is 0.396 e. The molecule has 0 fully saturated rings. The summed E-state index contributed by atoms with van der Waals surface area (Å²) in [4.78, 5) is 3.96. The van der Waals surface area contributed by atoms with Crippen molar-refractivity contribution in [2.75, 3.05) is 6.61 Å². The first-order valence-electron chi connectivity index (χ1n) is 4.46. The molecule has 0 spiro atoms. The van der Waals surface area contributed by atoms with Crippen LogP contribution in [0.15, 0.2) is 6.20 Å². The molecule has 1 heterocycles. The molecular weight excluding hydrogens is 169 g/mol. The molecule has 1 atom stereocenters. The molecule has 1 aromatic heterocycles. The predicted molar refractivity (Wildman–Crippen MR) is 46.9 cm³/mol. The van der Waals surface area contributed by atoms with Crippen LogP contribution in [0.2, 0.25) is 0 Å². The molecule has 0 aromatic carbocycles. The monoisotopic (exact) mass is 181 g/mol. The number of pyridine rings is 1. The van der Waals surface area contributed by atoms with Crippen LogP contribution in [0.25, 0.3) is 0 Å². The Bertz CT molecular complexity index is 307. The van der Waals surface area contributed by atoms with Gasteiger partial charge in [-0.2, -0.15) is 0 Å². The summed E-state index contributed by atoms with van der Waals surface area (Å²) in [6, 6.07) is 0. The lowest BCUT2D eigenvalue weighted by Crippen LogP contribution is -2.04. The molecule has 2 nitrogen and oxygen atoms in total. The van der Waals surface area contributed by atoms with Crippen molar-refractivity contribution >= 4 is 0 Å². The van der Waals surface area contributed by atoms with E-state index in [1.165, 1.54) is 6.20 Å². The average Bonchev–Trinajstić information content (AvgIpc) is 2.56. The number of aliphatic hydroxyl groups excluding tert-OH is 1. The van der Waals surface area contributed by atoms with Crippen molar-refractivity contribution in [1.29, 1.82) is 0 Å². The van der Waals surface area contributed by atoms with Crippen molar-refractivity contribution in [3.05, 3.63) is 28.8 Å². The topological polar surface area (TPSA) is 33.1 Å². The van der Waals surface area contributed by atoms with Crippen LogP contribution in [-0.4, -0.2) is 16.7 Å². The van der Waals surface area contributed by atoms with Gasteiger partial charge in [0.15, 0.2) is 0 Å². The van der Waals surface area contributed by atoms with Gasteiger partial charge in [0.05, 0.1) is 6.20 Å². The van der Waals surface area contributed by atoms with Crippen LogP contribution < -0.4 is 0 Å². The van der Waals surface area contributed by atoms with Gasteiger partial charge in [0.2, 0.25) is 0 Å². The van der Waals surface area contributed by atoms with Gasteiger partial charge >= 0.3 is 0 Å². The molecule has 0 radical (unpaired) electrons.